The van der Waals surface area contributed by atoms with Gasteiger partial charge in [0.15, 0.2) is 0 Å². The van der Waals surface area contributed by atoms with Crippen molar-refractivity contribution in [2.45, 2.75) is 31.9 Å². The zero-order valence-corrected chi connectivity index (χ0v) is 8.10. The first-order chi connectivity index (χ1) is 6.72. The zero-order valence-electron chi connectivity index (χ0n) is 8.10. The molecular formula is C10H13NO3. The van der Waals surface area contributed by atoms with E-state index in [0.29, 0.717) is 5.57 Å². The molecule has 2 aliphatic rings. The van der Waals surface area contributed by atoms with Crippen molar-refractivity contribution in [1.29, 1.82) is 0 Å². The van der Waals surface area contributed by atoms with Gasteiger partial charge in [0, 0.05) is 12.1 Å². The van der Waals surface area contributed by atoms with Crippen molar-refractivity contribution in [2.24, 2.45) is 0 Å². The first-order valence-electron chi connectivity index (χ1n) is 4.83. The third-order valence-corrected chi connectivity index (χ3v) is 2.84. The summed E-state index contributed by atoms with van der Waals surface area (Å²) in [5.41, 5.74) is 0.646. The lowest BCUT2D eigenvalue weighted by Gasteiger charge is -2.23. The first kappa shape index (κ1) is 9.24. The molecule has 0 saturated carbocycles. The molecule has 0 unspecified atom stereocenters. The van der Waals surface area contributed by atoms with Crippen molar-refractivity contribution >= 4 is 12.4 Å². The van der Waals surface area contributed by atoms with Gasteiger partial charge in [-0.15, -0.1) is 0 Å². The van der Waals surface area contributed by atoms with Crippen LogP contribution in [0.4, 0.5) is 0 Å². The Balaban J connectivity index is 2.09. The van der Waals surface area contributed by atoms with Crippen LogP contribution in [0.2, 0.25) is 0 Å². The largest absolute Gasteiger partial charge is 0.453 e. The van der Waals surface area contributed by atoms with Crippen molar-refractivity contribution in [3.05, 3.63) is 11.6 Å². The zero-order chi connectivity index (χ0) is 10.1. The van der Waals surface area contributed by atoms with Crippen molar-refractivity contribution in [3.8, 4) is 0 Å². The van der Waals surface area contributed by atoms with Crippen LogP contribution < -0.4 is 0 Å². The Hall–Kier alpha value is -1.32. The molecule has 14 heavy (non-hydrogen) atoms. The summed E-state index contributed by atoms with van der Waals surface area (Å²) in [5.74, 6) is -0.257. The van der Waals surface area contributed by atoms with Crippen LogP contribution >= 0.6 is 0 Å². The van der Waals surface area contributed by atoms with Gasteiger partial charge in [0.2, 0.25) is 6.41 Å². The molecule has 0 radical (unpaired) electrons. The molecule has 0 aliphatic carbocycles. The first-order valence-corrected chi connectivity index (χ1v) is 4.83. The molecule has 0 aromatic carbocycles. The van der Waals surface area contributed by atoms with Gasteiger partial charge in [0.1, 0.15) is 6.10 Å². The Morgan fingerprint density at radius 2 is 2.43 bits per heavy atom. The maximum absolute atomic E-state index is 11.1. The van der Waals surface area contributed by atoms with E-state index in [1.807, 2.05) is 6.08 Å². The van der Waals surface area contributed by atoms with Gasteiger partial charge in [0.25, 0.3) is 0 Å². The Morgan fingerprint density at radius 3 is 3.00 bits per heavy atom. The molecule has 0 bridgehead atoms. The Bertz CT molecular complexity index is 298. The SMILES string of the molecule is CC1=C[C@H]([C@@H]2CCCN2C=O)OC1=O. The van der Waals surface area contributed by atoms with E-state index in [0.717, 1.165) is 25.8 Å². The average Bonchev–Trinajstić information content (AvgIpc) is 2.73. The fourth-order valence-corrected chi connectivity index (χ4v) is 2.05. The molecule has 1 fully saturated rings. The van der Waals surface area contributed by atoms with E-state index in [9.17, 15) is 9.59 Å². The van der Waals surface area contributed by atoms with E-state index < -0.39 is 0 Å². The summed E-state index contributed by atoms with van der Waals surface area (Å²) < 4.78 is 5.16. The number of ether oxygens (including phenoxy) is 1. The van der Waals surface area contributed by atoms with E-state index in [2.05, 4.69) is 0 Å². The number of nitrogens with zero attached hydrogens (tertiary/aromatic N) is 1. The molecule has 76 valence electrons. The van der Waals surface area contributed by atoms with Gasteiger partial charge in [-0.05, 0) is 25.8 Å². The second-order valence-electron chi connectivity index (χ2n) is 3.77. The van der Waals surface area contributed by atoms with Gasteiger partial charge in [-0.2, -0.15) is 0 Å². The number of hydrogen-bond donors (Lipinski definition) is 0. The molecule has 0 aromatic rings. The van der Waals surface area contributed by atoms with Gasteiger partial charge < -0.3 is 9.64 Å². The Kier molecular flexibility index (Phi) is 2.27. The minimum absolute atomic E-state index is 0.0499. The summed E-state index contributed by atoms with van der Waals surface area (Å²) in [6.45, 7) is 2.51. The van der Waals surface area contributed by atoms with Gasteiger partial charge in [-0.1, -0.05) is 0 Å². The molecule has 4 nitrogen and oxygen atoms in total. The van der Waals surface area contributed by atoms with Crippen LogP contribution in [0.1, 0.15) is 19.8 Å². The highest BCUT2D eigenvalue weighted by Crippen LogP contribution is 2.25. The molecule has 4 heteroatoms. The van der Waals surface area contributed by atoms with Crippen LogP contribution in [-0.4, -0.2) is 36.0 Å². The molecular weight excluding hydrogens is 182 g/mol. The fraction of sp³-hybridized carbons (Fsp3) is 0.600. The lowest BCUT2D eigenvalue weighted by atomic mass is 10.1. The van der Waals surface area contributed by atoms with E-state index in [-0.39, 0.29) is 18.1 Å². The highest BCUT2D eigenvalue weighted by atomic mass is 16.5. The number of esters is 1. The number of hydrogen-bond acceptors (Lipinski definition) is 3. The summed E-state index contributed by atoms with van der Waals surface area (Å²) in [7, 11) is 0. The van der Waals surface area contributed by atoms with Crippen LogP contribution in [0, 0.1) is 0 Å². The van der Waals surface area contributed by atoms with Crippen LogP contribution in [0.3, 0.4) is 0 Å². The molecule has 2 atom stereocenters. The van der Waals surface area contributed by atoms with Crippen molar-refractivity contribution in [3.63, 3.8) is 0 Å². The lowest BCUT2D eigenvalue weighted by Crippen LogP contribution is -2.37. The van der Waals surface area contributed by atoms with E-state index >= 15 is 0 Å². The van der Waals surface area contributed by atoms with E-state index in [1.165, 1.54) is 0 Å². The molecule has 0 aromatic heterocycles. The summed E-state index contributed by atoms with van der Waals surface area (Å²) in [4.78, 5) is 23.6. The predicted molar refractivity (Wildman–Crippen MR) is 49.4 cm³/mol. The minimum atomic E-state index is -0.257. The monoisotopic (exact) mass is 195 g/mol. The smallest absolute Gasteiger partial charge is 0.334 e. The standard InChI is InChI=1S/C10H13NO3/c1-7-5-9(14-10(7)13)8-3-2-4-11(8)6-12/h5-6,8-9H,2-4H2,1H3/t8-,9+/m0/s1. The highest BCUT2D eigenvalue weighted by molar-refractivity contribution is 5.90. The van der Waals surface area contributed by atoms with E-state index in [1.54, 1.807) is 11.8 Å². The van der Waals surface area contributed by atoms with Crippen LogP contribution in [0.5, 0.6) is 0 Å². The molecule has 0 spiro atoms. The average molecular weight is 195 g/mol. The molecule has 0 N–H and O–H groups in total. The number of cyclic esters (lactones) is 1. The number of likely N-dealkylation sites (tertiary alicyclic amines) is 1. The highest BCUT2D eigenvalue weighted by Gasteiger charge is 2.35. The maximum atomic E-state index is 11.1. The maximum Gasteiger partial charge on any atom is 0.334 e. The van der Waals surface area contributed by atoms with Crippen LogP contribution in [-0.2, 0) is 14.3 Å². The Morgan fingerprint density at radius 1 is 1.64 bits per heavy atom. The molecule has 1 amide bonds. The second kappa shape index (κ2) is 3.44. The molecule has 1 saturated heterocycles. The van der Waals surface area contributed by atoms with Gasteiger partial charge in [-0.3, -0.25) is 4.79 Å². The quantitative estimate of drug-likeness (QED) is 0.475. The number of rotatable bonds is 2. The molecule has 2 heterocycles. The lowest BCUT2D eigenvalue weighted by molar-refractivity contribution is -0.142. The summed E-state index contributed by atoms with van der Waals surface area (Å²) >= 11 is 0. The summed E-state index contributed by atoms with van der Waals surface area (Å²) in [6, 6.07) is 0.0499. The van der Waals surface area contributed by atoms with Gasteiger partial charge >= 0.3 is 5.97 Å². The molecule has 2 aliphatic heterocycles. The van der Waals surface area contributed by atoms with Crippen LogP contribution in [0.15, 0.2) is 11.6 Å². The normalized spacial score (nSPS) is 31.6. The predicted octanol–water partition coefficient (Wildman–Crippen LogP) is 0.479. The third-order valence-electron chi connectivity index (χ3n) is 2.84. The van der Waals surface area contributed by atoms with Crippen LogP contribution in [0.25, 0.3) is 0 Å². The minimum Gasteiger partial charge on any atom is -0.453 e. The second-order valence-corrected chi connectivity index (χ2v) is 3.77. The topological polar surface area (TPSA) is 46.6 Å². The summed E-state index contributed by atoms with van der Waals surface area (Å²) in [6.07, 6.45) is 4.34. The fourth-order valence-electron chi connectivity index (χ4n) is 2.05. The third kappa shape index (κ3) is 1.41. The van der Waals surface area contributed by atoms with Crippen molar-refractivity contribution in [2.75, 3.05) is 6.54 Å². The number of carbonyl (C=O) groups is 2. The van der Waals surface area contributed by atoms with Gasteiger partial charge in [0.05, 0.1) is 6.04 Å². The van der Waals surface area contributed by atoms with Crippen molar-refractivity contribution < 1.29 is 14.3 Å². The summed E-state index contributed by atoms with van der Waals surface area (Å²) in [5, 5.41) is 0. The van der Waals surface area contributed by atoms with Crippen molar-refractivity contribution in [1.82, 2.24) is 4.90 Å². The molecule has 2 rings (SSSR count). The Labute approximate surface area is 82.5 Å². The number of amides is 1. The van der Waals surface area contributed by atoms with Gasteiger partial charge in [-0.25, -0.2) is 4.79 Å². The van der Waals surface area contributed by atoms with E-state index in [4.69, 9.17) is 4.74 Å². The number of carbonyl (C=O) groups excluding carboxylic acids is 2.